The van der Waals surface area contributed by atoms with Crippen LogP contribution in [0.15, 0.2) is 60.7 Å². The third-order valence-electron chi connectivity index (χ3n) is 3.89. The van der Waals surface area contributed by atoms with Crippen LogP contribution in [0.4, 0.5) is 0 Å². The van der Waals surface area contributed by atoms with E-state index in [1.54, 1.807) is 0 Å². The van der Waals surface area contributed by atoms with E-state index in [0.717, 1.165) is 12.8 Å². The van der Waals surface area contributed by atoms with E-state index in [1.165, 1.54) is 11.1 Å². The highest BCUT2D eigenvalue weighted by molar-refractivity contribution is 5.36. The quantitative estimate of drug-likeness (QED) is 0.892. The lowest BCUT2D eigenvalue weighted by Crippen LogP contribution is -2.43. The SMILES string of the molecule is NC1CCC(c2ccccc2)(c2ccccc2)OC1. The lowest BCUT2D eigenvalue weighted by molar-refractivity contribution is -0.0616. The van der Waals surface area contributed by atoms with Crippen molar-refractivity contribution < 1.29 is 4.74 Å². The van der Waals surface area contributed by atoms with Crippen LogP contribution in [0, 0.1) is 0 Å². The van der Waals surface area contributed by atoms with Gasteiger partial charge in [-0.3, -0.25) is 0 Å². The summed E-state index contributed by atoms with van der Waals surface area (Å²) in [6, 6.07) is 21.1. The highest BCUT2D eigenvalue weighted by atomic mass is 16.5. The molecule has 1 atom stereocenters. The fourth-order valence-corrected chi connectivity index (χ4v) is 2.83. The lowest BCUT2D eigenvalue weighted by Gasteiger charge is -2.40. The molecule has 1 aliphatic heterocycles. The Kier molecular flexibility index (Phi) is 3.36. The Labute approximate surface area is 114 Å². The monoisotopic (exact) mass is 253 g/mol. The molecule has 1 unspecified atom stereocenters. The number of ether oxygens (including phenoxy) is 1. The summed E-state index contributed by atoms with van der Waals surface area (Å²) in [4.78, 5) is 0. The summed E-state index contributed by atoms with van der Waals surface area (Å²) in [6.45, 7) is 0.615. The van der Waals surface area contributed by atoms with Gasteiger partial charge in [0.2, 0.25) is 0 Å². The van der Waals surface area contributed by atoms with Crippen molar-refractivity contribution in [1.29, 1.82) is 0 Å². The van der Waals surface area contributed by atoms with E-state index in [1.807, 2.05) is 12.1 Å². The zero-order valence-corrected chi connectivity index (χ0v) is 11.0. The zero-order chi connectivity index (χ0) is 13.1. The molecule has 3 rings (SSSR count). The van der Waals surface area contributed by atoms with Gasteiger partial charge in [0, 0.05) is 6.04 Å². The van der Waals surface area contributed by atoms with Crippen LogP contribution in [0.2, 0.25) is 0 Å². The van der Waals surface area contributed by atoms with Gasteiger partial charge >= 0.3 is 0 Å². The summed E-state index contributed by atoms with van der Waals surface area (Å²) in [5.74, 6) is 0. The van der Waals surface area contributed by atoms with Gasteiger partial charge in [-0.2, -0.15) is 0 Å². The average Bonchev–Trinajstić information content (AvgIpc) is 2.50. The third kappa shape index (κ3) is 2.29. The summed E-state index contributed by atoms with van der Waals surface area (Å²) in [5.41, 5.74) is 8.08. The van der Waals surface area contributed by atoms with Crippen LogP contribution >= 0.6 is 0 Å². The van der Waals surface area contributed by atoms with Crippen molar-refractivity contribution in [2.24, 2.45) is 5.73 Å². The summed E-state index contributed by atoms with van der Waals surface area (Å²) in [6.07, 6.45) is 1.92. The Morgan fingerprint density at radius 3 is 1.84 bits per heavy atom. The molecule has 2 heteroatoms. The van der Waals surface area contributed by atoms with Crippen LogP contribution in [0.1, 0.15) is 24.0 Å². The van der Waals surface area contributed by atoms with Crippen LogP contribution in [0.25, 0.3) is 0 Å². The first kappa shape index (κ1) is 12.4. The molecule has 0 radical (unpaired) electrons. The number of nitrogens with two attached hydrogens (primary N) is 1. The minimum absolute atomic E-state index is 0.153. The van der Waals surface area contributed by atoms with Gasteiger partial charge in [0.25, 0.3) is 0 Å². The molecule has 2 nitrogen and oxygen atoms in total. The summed E-state index contributed by atoms with van der Waals surface area (Å²) in [5, 5.41) is 0. The standard InChI is InChI=1S/C17H19NO/c18-16-11-12-17(19-13-16,14-7-3-1-4-8-14)15-9-5-2-6-10-15/h1-10,16H,11-13,18H2. The second kappa shape index (κ2) is 5.16. The van der Waals surface area contributed by atoms with Crippen molar-refractivity contribution in [3.63, 3.8) is 0 Å². The largest absolute Gasteiger partial charge is 0.364 e. The van der Waals surface area contributed by atoms with E-state index in [4.69, 9.17) is 10.5 Å². The van der Waals surface area contributed by atoms with Gasteiger partial charge in [0.05, 0.1) is 6.61 Å². The number of benzene rings is 2. The molecule has 1 saturated heterocycles. The molecule has 1 heterocycles. The molecule has 2 aromatic carbocycles. The minimum Gasteiger partial charge on any atom is -0.364 e. The second-order valence-electron chi connectivity index (χ2n) is 5.17. The molecule has 1 fully saturated rings. The Hall–Kier alpha value is -1.64. The molecule has 2 aromatic rings. The number of rotatable bonds is 2. The first-order valence-corrected chi connectivity index (χ1v) is 6.82. The molecule has 0 aliphatic carbocycles. The molecule has 0 spiro atoms. The van der Waals surface area contributed by atoms with Crippen molar-refractivity contribution >= 4 is 0 Å². The molecule has 19 heavy (non-hydrogen) atoms. The van der Waals surface area contributed by atoms with Gasteiger partial charge in [-0.05, 0) is 24.0 Å². The van der Waals surface area contributed by atoms with Gasteiger partial charge in [-0.25, -0.2) is 0 Å². The number of hydrogen-bond donors (Lipinski definition) is 1. The first-order chi connectivity index (χ1) is 9.31. The molecule has 0 saturated carbocycles. The molecule has 2 N–H and O–H groups in total. The Bertz CT molecular complexity index is 474. The van der Waals surface area contributed by atoms with Crippen molar-refractivity contribution in [3.05, 3.63) is 71.8 Å². The summed E-state index contributed by atoms with van der Waals surface area (Å²) in [7, 11) is 0. The topological polar surface area (TPSA) is 35.2 Å². The highest BCUT2D eigenvalue weighted by Crippen LogP contribution is 2.40. The van der Waals surface area contributed by atoms with Crippen LogP contribution in [-0.4, -0.2) is 12.6 Å². The van der Waals surface area contributed by atoms with Crippen molar-refractivity contribution in [3.8, 4) is 0 Å². The zero-order valence-electron chi connectivity index (χ0n) is 11.0. The normalized spacial score (nSPS) is 22.1. The molecule has 98 valence electrons. The van der Waals surface area contributed by atoms with E-state index in [0.29, 0.717) is 6.61 Å². The number of hydrogen-bond acceptors (Lipinski definition) is 2. The lowest BCUT2D eigenvalue weighted by atomic mass is 9.80. The fraction of sp³-hybridized carbons (Fsp3) is 0.294. The maximum atomic E-state index is 6.22. The van der Waals surface area contributed by atoms with Crippen molar-refractivity contribution in [1.82, 2.24) is 0 Å². The molecular formula is C17H19NO. The van der Waals surface area contributed by atoms with E-state index < -0.39 is 0 Å². The highest BCUT2D eigenvalue weighted by Gasteiger charge is 2.38. The first-order valence-electron chi connectivity index (χ1n) is 6.82. The molecular weight excluding hydrogens is 234 g/mol. The Balaban J connectivity index is 2.06. The van der Waals surface area contributed by atoms with Crippen LogP contribution in [0.5, 0.6) is 0 Å². The smallest absolute Gasteiger partial charge is 0.118 e. The van der Waals surface area contributed by atoms with Gasteiger partial charge < -0.3 is 10.5 Å². The van der Waals surface area contributed by atoms with Crippen molar-refractivity contribution in [2.45, 2.75) is 24.5 Å². The van der Waals surface area contributed by atoms with E-state index in [2.05, 4.69) is 48.5 Å². The maximum absolute atomic E-state index is 6.22. The summed E-state index contributed by atoms with van der Waals surface area (Å²) >= 11 is 0. The van der Waals surface area contributed by atoms with Gasteiger partial charge in [0.1, 0.15) is 5.60 Å². The molecule has 0 amide bonds. The summed E-state index contributed by atoms with van der Waals surface area (Å²) < 4.78 is 6.22. The van der Waals surface area contributed by atoms with E-state index >= 15 is 0 Å². The van der Waals surface area contributed by atoms with Gasteiger partial charge in [-0.1, -0.05) is 60.7 Å². The second-order valence-corrected chi connectivity index (χ2v) is 5.17. The Morgan fingerprint density at radius 1 is 0.895 bits per heavy atom. The van der Waals surface area contributed by atoms with Crippen molar-refractivity contribution in [2.75, 3.05) is 6.61 Å². The molecule has 0 bridgehead atoms. The van der Waals surface area contributed by atoms with Crippen LogP contribution in [-0.2, 0) is 10.3 Å². The van der Waals surface area contributed by atoms with E-state index in [-0.39, 0.29) is 11.6 Å². The predicted octanol–water partition coefficient (Wildman–Crippen LogP) is 3.07. The fourth-order valence-electron chi connectivity index (χ4n) is 2.83. The van der Waals surface area contributed by atoms with Gasteiger partial charge in [0.15, 0.2) is 0 Å². The van der Waals surface area contributed by atoms with Crippen LogP contribution < -0.4 is 5.73 Å². The van der Waals surface area contributed by atoms with Crippen LogP contribution in [0.3, 0.4) is 0 Å². The third-order valence-corrected chi connectivity index (χ3v) is 3.89. The van der Waals surface area contributed by atoms with E-state index in [9.17, 15) is 0 Å². The molecule has 0 aromatic heterocycles. The minimum atomic E-state index is -0.335. The average molecular weight is 253 g/mol. The predicted molar refractivity (Wildman–Crippen MR) is 76.8 cm³/mol. The molecule has 1 aliphatic rings. The Morgan fingerprint density at radius 2 is 1.42 bits per heavy atom. The maximum Gasteiger partial charge on any atom is 0.118 e. The van der Waals surface area contributed by atoms with Gasteiger partial charge in [-0.15, -0.1) is 0 Å².